The Bertz CT molecular complexity index is 5140. The molecule has 0 aliphatic heterocycles. The summed E-state index contributed by atoms with van der Waals surface area (Å²) in [5.41, 5.74) is 3.47. The van der Waals surface area contributed by atoms with Crippen LogP contribution >= 0.6 is 74.6 Å². The number of rotatable bonds is 32. The van der Waals surface area contributed by atoms with Crippen molar-refractivity contribution in [2.24, 2.45) is 29.6 Å². The Balaban J connectivity index is 0.000000530. The topological polar surface area (TPSA) is 142 Å². The molecule has 730 valence electrons. The van der Waals surface area contributed by atoms with E-state index in [0.29, 0.717) is 102 Å². The normalized spacial score (nSPS) is 10.8. The molecule has 135 heavy (non-hydrogen) atoms. The number of alkyl halides is 2. The first-order valence-corrected chi connectivity index (χ1v) is 57.1. The van der Waals surface area contributed by atoms with E-state index in [9.17, 15) is 41.1 Å². The molecule has 0 fully saturated rings. The number of methoxy groups -OCH3 is 6. The Labute approximate surface area is 838 Å². The van der Waals surface area contributed by atoms with Gasteiger partial charge in [0.1, 0.15) is 29.5 Å². The van der Waals surface area contributed by atoms with Crippen LogP contribution < -0.4 is 72.5 Å². The van der Waals surface area contributed by atoms with Crippen LogP contribution in [-0.2, 0) is 55.4 Å². The van der Waals surface area contributed by atoms with Gasteiger partial charge in [-0.1, -0.05) is 287 Å². The number of ether oxygens (including phenoxy) is 8. The number of carbonyl (C=O) groups excluding carboxylic acids is 4. The van der Waals surface area contributed by atoms with E-state index in [1.807, 2.05) is 79.7 Å². The molecule has 0 spiro atoms. The molecule has 11 rings (SSSR count). The van der Waals surface area contributed by atoms with Gasteiger partial charge in [0.25, 0.3) is 0 Å². The van der Waals surface area contributed by atoms with E-state index in [1.165, 1.54) is 89.0 Å². The zero-order valence-corrected chi connectivity index (χ0v) is 89.5. The minimum atomic E-state index is -3.11. The summed E-state index contributed by atoms with van der Waals surface area (Å²) in [6.07, 6.45) is 13.7. The van der Waals surface area contributed by atoms with Crippen LogP contribution in [0.25, 0.3) is 12.2 Å². The van der Waals surface area contributed by atoms with Crippen molar-refractivity contribution in [1.29, 1.82) is 0 Å². The molecule has 27 heteroatoms. The average molecular weight is 2120 g/mol. The van der Waals surface area contributed by atoms with E-state index in [0.717, 1.165) is 47.2 Å². The van der Waals surface area contributed by atoms with Gasteiger partial charge in [0.2, 0.25) is 5.02 Å². The van der Waals surface area contributed by atoms with Crippen molar-refractivity contribution in [3.05, 3.63) is 341 Å². The summed E-state index contributed by atoms with van der Waals surface area (Å²) in [4.78, 5) is 44.9. The number of aryl methyl sites for hydroxylation is 1. The van der Waals surface area contributed by atoms with E-state index < -0.39 is 49.1 Å². The molecule has 0 unspecified atom stereocenters. The Morgan fingerprint density at radius 2 is 0.696 bits per heavy atom. The first-order valence-electron chi connectivity index (χ1n) is 43.8. The van der Waals surface area contributed by atoms with Gasteiger partial charge in [0, 0.05) is 35.7 Å². The van der Waals surface area contributed by atoms with E-state index in [2.05, 4.69) is 206 Å². The molecule has 11 aromatic rings. The van der Waals surface area contributed by atoms with Gasteiger partial charge >= 0.3 is 61.5 Å². The van der Waals surface area contributed by atoms with Crippen LogP contribution in [0.3, 0.4) is 0 Å². The second kappa shape index (κ2) is 67.7. The van der Waals surface area contributed by atoms with Gasteiger partial charge in [0.05, 0.1) is 60.5 Å². The SMILES string of the molecule is CC(C)C[P+](c1ccccc1)(c1ccccc1)c1ccccc1.CCOC(=O)/C=C/c1ccc(OC)c(F)c1CCC(C)C.CCOC(=O)C=P(c1ccccc1)(c1ccccc1)c1ccccc1.COC(Cl)Cl.COc1ccc(C=O)c(CCC(C)C)c1F.COc1cccc(/C=C/C(C)C)c1F.COc1cccc(C=O)c1F.COc1cccc(CCC(C)C)c1F.[Br-].[Cl][Ti]([Cl])([Cl])[Cl]. The maximum atomic E-state index is 14.4. The number of hydrogen-bond donors (Lipinski definition) is 0. The molecule has 0 aromatic heterocycles. The zero-order chi connectivity index (χ0) is 99.8. The van der Waals surface area contributed by atoms with Crippen molar-refractivity contribution >= 4 is 149 Å². The molecule has 0 saturated heterocycles. The van der Waals surface area contributed by atoms with Crippen LogP contribution in [0.1, 0.15) is 151 Å². The molecule has 0 bridgehead atoms. The first-order chi connectivity index (χ1) is 63.9. The van der Waals surface area contributed by atoms with Gasteiger partial charge in [0.15, 0.2) is 64.1 Å². The standard InChI is InChI=1S/C22H21O2P.C22H24P.C17H23FO3.C13H17FO2.C12H17FO.C12H15FO.C8H7FO2.C2H4Cl2O.BrH.4ClH.Ti/c1-2-24-22(23)18-25(19-12-6-3-7-13-19,20-14-8-4-9-15-20)21-16-10-5-11-17-21;1-19(2)18-23(20-12-6-3-7-13-20,21-14-8-4-9-15-21)22-16-10-5-11-17-22;1-5-21-16(19)11-8-13-7-10-15(20-4)17(18)14(13)9-6-12(2)3;1-9(2)4-6-11-10(8-15)5-7-12(16-3)13(11)14;2*1-9(2)7-8-10-5-4-6-11(14-3)12(10)13;1-11-7-4-2-3-6(5-10)8(7)9;1-5-2(3)4;;;;;;/h3-18H,2H2,1H3;3-17,19H,18H2,1-2H3;7-8,10-12H,5-6,9H2,1-4H3;5,7-9H,4,6H2,1-3H3;4-6,9H,7-8H2,1-3H3;4-9H,1-3H3;2-5H,1H3;2H,1H3;5*1H;/q;+1;;;;;;;;;;;;+4/p-5/b;;11-8+;;;8-7+;;;;;;;;. The Morgan fingerprint density at radius 3 is 1.04 bits per heavy atom. The number of benzene rings is 11. The van der Waals surface area contributed by atoms with Gasteiger partial charge in [-0.15, -0.1) is 0 Å². The second-order valence-corrected chi connectivity index (χ2v) is 54.9. The molecule has 12 nitrogen and oxygen atoms in total. The molecule has 0 saturated carbocycles. The van der Waals surface area contributed by atoms with Crippen molar-refractivity contribution in [2.75, 3.05) is 62.0 Å². The average Bonchev–Trinajstić information content (AvgIpc) is 0.755. The zero-order valence-electron chi connectivity index (χ0n) is 80.0. The number of carbonyl (C=O) groups is 4. The Hall–Kier alpha value is -8.55. The fourth-order valence-corrected chi connectivity index (χ4v) is 21.5. The summed E-state index contributed by atoms with van der Waals surface area (Å²) in [5, 5.41) is 7.18. The molecular formula is C108H128BrCl6F5O12P2Ti. The monoisotopic (exact) mass is 2110 g/mol. The number of aldehydes is 2. The molecule has 0 aliphatic rings. The summed E-state index contributed by atoms with van der Waals surface area (Å²) in [6, 6.07) is 85.3. The molecule has 0 atom stereocenters. The number of esters is 2. The van der Waals surface area contributed by atoms with E-state index in [-0.39, 0.29) is 69.0 Å². The van der Waals surface area contributed by atoms with Gasteiger partial charge in [-0.2, -0.15) is 0 Å². The van der Waals surface area contributed by atoms with Crippen molar-refractivity contribution in [1.82, 2.24) is 0 Å². The molecule has 0 N–H and O–H groups in total. The molecule has 0 amide bonds. The van der Waals surface area contributed by atoms with Gasteiger partial charge < -0.3 is 54.9 Å². The second-order valence-electron chi connectivity index (χ2n) is 31.6. The third-order valence-corrected chi connectivity index (χ3v) is 28.7. The quantitative estimate of drug-likeness (QED) is 0.00753. The third-order valence-electron chi connectivity index (χ3n) is 19.6. The first kappa shape index (κ1) is 123. The van der Waals surface area contributed by atoms with Crippen molar-refractivity contribution in [3.63, 3.8) is 0 Å². The van der Waals surface area contributed by atoms with Gasteiger partial charge in [-0.25, -0.2) is 31.5 Å². The molecule has 0 aliphatic carbocycles. The fourth-order valence-electron chi connectivity index (χ4n) is 13.1. The van der Waals surface area contributed by atoms with E-state index in [4.69, 9.17) is 88.8 Å². The van der Waals surface area contributed by atoms with E-state index in [1.54, 1.807) is 73.4 Å². The third kappa shape index (κ3) is 44.0. The minimum absolute atomic E-state index is 0. The number of allylic oxidation sites excluding steroid dienone is 1. The number of hydrogen-bond acceptors (Lipinski definition) is 12. The Kier molecular flexibility index (Phi) is 61.4. The summed E-state index contributed by atoms with van der Waals surface area (Å²) in [7, 11) is 27.1. The predicted molar refractivity (Wildman–Crippen MR) is 553 cm³/mol. The van der Waals surface area contributed by atoms with Crippen LogP contribution in [0.2, 0.25) is 0 Å². The summed E-state index contributed by atoms with van der Waals surface area (Å²) in [5.74, 6) is 2.97. The Morgan fingerprint density at radius 1 is 0.378 bits per heavy atom. The van der Waals surface area contributed by atoms with Crippen LogP contribution in [0.5, 0.6) is 28.7 Å². The summed E-state index contributed by atoms with van der Waals surface area (Å²) in [6.45, 7) is 23.4. The van der Waals surface area contributed by atoms with Crippen LogP contribution in [0, 0.1) is 58.7 Å². The molecular weight excluding hydrogens is 1990 g/mol. The van der Waals surface area contributed by atoms with Crippen molar-refractivity contribution < 1.29 is 108 Å². The van der Waals surface area contributed by atoms with Crippen LogP contribution in [-0.4, -0.2) is 97.4 Å². The van der Waals surface area contributed by atoms with Gasteiger partial charge in [-0.05, 0) is 206 Å². The fraction of sp³-hybridized carbons (Fsp3) is 0.306. The molecule has 11 aromatic carbocycles. The van der Waals surface area contributed by atoms with E-state index >= 15 is 0 Å². The van der Waals surface area contributed by atoms with Gasteiger partial charge in [-0.3, -0.25) is 9.59 Å². The van der Waals surface area contributed by atoms with Crippen molar-refractivity contribution in [3.8, 4) is 28.7 Å². The summed E-state index contributed by atoms with van der Waals surface area (Å²) < 4.78 is 107. The van der Waals surface area contributed by atoms with Crippen LogP contribution in [0.4, 0.5) is 22.0 Å². The van der Waals surface area contributed by atoms with Crippen LogP contribution in [0.15, 0.2) is 273 Å². The number of halogens is 12. The molecule has 0 radical (unpaired) electrons. The van der Waals surface area contributed by atoms with Crippen molar-refractivity contribution in [2.45, 2.75) is 127 Å². The molecule has 0 heterocycles. The predicted octanol–water partition coefficient (Wildman–Crippen LogP) is 24.9. The summed E-state index contributed by atoms with van der Waals surface area (Å²) >= 11 is 6.90. The maximum absolute atomic E-state index is 14.4.